The number of rotatable bonds is 3. The number of aromatic nitrogens is 1. The summed E-state index contributed by atoms with van der Waals surface area (Å²) in [6, 6.07) is 11.8. The van der Waals surface area contributed by atoms with E-state index < -0.39 is 0 Å². The summed E-state index contributed by atoms with van der Waals surface area (Å²) in [6.45, 7) is 1.51. The molecule has 5 heteroatoms. The number of amides is 1. The summed E-state index contributed by atoms with van der Waals surface area (Å²) in [7, 11) is 0. The minimum absolute atomic E-state index is 0.0187. The molecule has 0 aliphatic carbocycles. The van der Waals surface area contributed by atoms with Crippen molar-refractivity contribution in [3.05, 3.63) is 65.7 Å². The van der Waals surface area contributed by atoms with Crippen molar-refractivity contribution < 1.29 is 13.9 Å². The highest BCUT2D eigenvalue weighted by atomic mass is 19.1. The van der Waals surface area contributed by atoms with Gasteiger partial charge in [-0.3, -0.25) is 9.78 Å². The van der Waals surface area contributed by atoms with E-state index in [9.17, 15) is 9.18 Å². The lowest BCUT2D eigenvalue weighted by molar-refractivity contribution is -0.138. The number of nitrogens with zero attached hydrogens (tertiary/aromatic N) is 2. The molecule has 0 spiro atoms. The van der Waals surface area contributed by atoms with Gasteiger partial charge in [-0.2, -0.15) is 0 Å². The van der Waals surface area contributed by atoms with E-state index in [-0.39, 0.29) is 24.2 Å². The van der Waals surface area contributed by atoms with Gasteiger partial charge in [-0.05, 0) is 29.8 Å². The molecule has 1 aromatic heterocycles. The molecule has 0 bridgehead atoms. The molecule has 114 valence electrons. The molecule has 1 amide bonds. The van der Waals surface area contributed by atoms with Gasteiger partial charge in [0.1, 0.15) is 11.9 Å². The molecule has 0 saturated carbocycles. The van der Waals surface area contributed by atoms with Crippen LogP contribution in [0.3, 0.4) is 0 Å². The summed E-state index contributed by atoms with van der Waals surface area (Å²) in [6.07, 6.45) is 1.71. The molecular weight excluding hydrogens is 283 g/mol. The molecule has 2 heterocycles. The van der Waals surface area contributed by atoms with Gasteiger partial charge in [0.2, 0.25) is 5.91 Å². The molecular formula is C17H17FN2O2. The molecule has 22 heavy (non-hydrogen) atoms. The van der Waals surface area contributed by atoms with Gasteiger partial charge in [-0.15, -0.1) is 0 Å². The van der Waals surface area contributed by atoms with Crippen molar-refractivity contribution in [2.75, 3.05) is 19.7 Å². The Morgan fingerprint density at radius 1 is 1.32 bits per heavy atom. The third-order valence-electron chi connectivity index (χ3n) is 3.68. The predicted octanol–water partition coefficient (Wildman–Crippen LogP) is 2.36. The van der Waals surface area contributed by atoms with Crippen LogP contribution >= 0.6 is 0 Å². The van der Waals surface area contributed by atoms with E-state index in [4.69, 9.17) is 4.74 Å². The van der Waals surface area contributed by atoms with Crippen LogP contribution in [0.5, 0.6) is 0 Å². The first kappa shape index (κ1) is 14.7. The van der Waals surface area contributed by atoms with Crippen LogP contribution in [0.1, 0.15) is 17.4 Å². The number of halogens is 1. The lowest BCUT2D eigenvalue weighted by Crippen LogP contribution is -2.43. The third-order valence-corrected chi connectivity index (χ3v) is 3.68. The number of morpholine rings is 1. The van der Waals surface area contributed by atoms with Gasteiger partial charge in [0.05, 0.1) is 25.3 Å². The molecule has 1 atom stereocenters. The Morgan fingerprint density at radius 3 is 3.00 bits per heavy atom. The second-order valence-electron chi connectivity index (χ2n) is 5.26. The number of pyridine rings is 1. The standard InChI is InChI=1S/C17H17FN2O2/c18-14-5-3-4-13(10-14)11-17(21)20-8-9-22-16(12-20)15-6-1-2-7-19-15/h1-7,10,16H,8-9,11-12H2/t16-/m1/s1. The van der Waals surface area contributed by atoms with Crippen molar-refractivity contribution in [3.8, 4) is 0 Å². The largest absolute Gasteiger partial charge is 0.368 e. The topological polar surface area (TPSA) is 42.4 Å². The molecule has 0 unspecified atom stereocenters. The molecule has 1 saturated heterocycles. The molecule has 1 aliphatic heterocycles. The molecule has 0 N–H and O–H groups in total. The maximum Gasteiger partial charge on any atom is 0.227 e. The van der Waals surface area contributed by atoms with Gasteiger partial charge in [-0.25, -0.2) is 4.39 Å². The van der Waals surface area contributed by atoms with Crippen LogP contribution in [0.2, 0.25) is 0 Å². The van der Waals surface area contributed by atoms with Crippen molar-refractivity contribution in [2.45, 2.75) is 12.5 Å². The average molecular weight is 300 g/mol. The average Bonchev–Trinajstić information content (AvgIpc) is 2.56. The summed E-state index contributed by atoms with van der Waals surface area (Å²) < 4.78 is 18.9. The van der Waals surface area contributed by atoms with Crippen molar-refractivity contribution >= 4 is 5.91 Å². The second kappa shape index (κ2) is 6.66. The maximum absolute atomic E-state index is 13.2. The van der Waals surface area contributed by atoms with Crippen LogP contribution in [-0.2, 0) is 16.0 Å². The normalized spacial score (nSPS) is 18.2. The first-order valence-electron chi connectivity index (χ1n) is 7.27. The van der Waals surface area contributed by atoms with E-state index in [1.54, 1.807) is 23.2 Å². The van der Waals surface area contributed by atoms with Gasteiger partial charge in [0.15, 0.2) is 0 Å². The fraction of sp³-hybridized carbons (Fsp3) is 0.294. The summed E-state index contributed by atoms with van der Waals surface area (Å²) >= 11 is 0. The summed E-state index contributed by atoms with van der Waals surface area (Å²) in [5.74, 6) is -0.339. The van der Waals surface area contributed by atoms with Gasteiger partial charge in [0.25, 0.3) is 0 Å². The highest BCUT2D eigenvalue weighted by molar-refractivity contribution is 5.78. The molecule has 3 rings (SSSR count). The first-order valence-corrected chi connectivity index (χ1v) is 7.27. The lowest BCUT2D eigenvalue weighted by Gasteiger charge is -2.32. The Hall–Kier alpha value is -2.27. The summed E-state index contributed by atoms with van der Waals surface area (Å²) in [4.78, 5) is 18.4. The monoisotopic (exact) mass is 300 g/mol. The minimum atomic E-state index is -0.321. The summed E-state index contributed by atoms with van der Waals surface area (Å²) in [5.41, 5.74) is 1.51. The Kier molecular flexibility index (Phi) is 4.44. The van der Waals surface area contributed by atoms with Crippen LogP contribution < -0.4 is 0 Å². The number of carbonyl (C=O) groups excluding carboxylic acids is 1. The van der Waals surface area contributed by atoms with Crippen molar-refractivity contribution in [1.82, 2.24) is 9.88 Å². The number of hydrogen-bond donors (Lipinski definition) is 0. The molecule has 4 nitrogen and oxygen atoms in total. The SMILES string of the molecule is O=C(Cc1cccc(F)c1)N1CCO[C@@H](c2ccccn2)C1. The highest BCUT2D eigenvalue weighted by Crippen LogP contribution is 2.20. The Morgan fingerprint density at radius 2 is 2.23 bits per heavy atom. The zero-order valence-electron chi connectivity index (χ0n) is 12.1. The van der Waals surface area contributed by atoms with E-state index in [1.807, 2.05) is 18.2 Å². The fourth-order valence-electron chi connectivity index (χ4n) is 2.55. The molecule has 0 radical (unpaired) electrons. The lowest BCUT2D eigenvalue weighted by atomic mass is 10.1. The first-order chi connectivity index (χ1) is 10.7. The Bertz CT molecular complexity index is 648. The van der Waals surface area contributed by atoms with E-state index in [0.29, 0.717) is 25.3 Å². The Balaban J connectivity index is 1.65. The highest BCUT2D eigenvalue weighted by Gasteiger charge is 2.26. The molecule has 2 aromatic rings. The van der Waals surface area contributed by atoms with Crippen molar-refractivity contribution in [1.29, 1.82) is 0 Å². The maximum atomic E-state index is 13.2. The van der Waals surface area contributed by atoms with E-state index in [1.165, 1.54) is 12.1 Å². The quantitative estimate of drug-likeness (QED) is 0.874. The van der Waals surface area contributed by atoms with Crippen LogP contribution in [0.25, 0.3) is 0 Å². The zero-order valence-corrected chi connectivity index (χ0v) is 12.1. The predicted molar refractivity (Wildman–Crippen MR) is 79.6 cm³/mol. The van der Waals surface area contributed by atoms with Crippen molar-refractivity contribution in [2.24, 2.45) is 0 Å². The van der Waals surface area contributed by atoms with Crippen molar-refractivity contribution in [3.63, 3.8) is 0 Å². The minimum Gasteiger partial charge on any atom is -0.368 e. The number of hydrogen-bond acceptors (Lipinski definition) is 3. The number of carbonyl (C=O) groups is 1. The number of benzene rings is 1. The second-order valence-corrected chi connectivity index (χ2v) is 5.26. The van der Waals surface area contributed by atoms with E-state index in [0.717, 1.165) is 5.69 Å². The van der Waals surface area contributed by atoms with E-state index in [2.05, 4.69) is 4.98 Å². The molecule has 1 aliphatic rings. The smallest absolute Gasteiger partial charge is 0.227 e. The third kappa shape index (κ3) is 3.49. The van der Waals surface area contributed by atoms with Gasteiger partial charge in [-0.1, -0.05) is 18.2 Å². The summed E-state index contributed by atoms with van der Waals surface area (Å²) in [5, 5.41) is 0. The van der Waals surface area contributed by atoms with Crippen LogP contribution in [0.15, 0.2) is 48.7 Å². The van der Waals surface area contributed by atoms with Crippen LogP contribution in [0.4, 0.5) is 4.39 Å². The molecule has 1 aromatic carbocycles. The van der Waals surface area contributed by atoms with E-state index >= 15 is 0 Å². The fourth-order valence-corrected chi connectivity index (χ4v) is 2.55. The van der Waals surface area contributed by atoms with Gasteiger partial charge in [0, 0.05) is 12.7 Å². The molecule has 1 fully saturated rings. The zero-order chi connectivity index (χ0) is 15.4. The van der Waals surface area contributed by atoms with Crippen LogP contribution in [-0.4, -0.2) is 35.5 Å². The van der Waals surface area contributed by atoms with Crippen LogP contribution in [0, 0.1) is 5.82 Å². The Labute approximate surface area is 128 Å². The van der Waals surface area contributed by atoms with Gasteiger partial charge >= 0.3 is 0 Å². The number of ether oxygens (including phenoxy) is 1. The van der Waals surface area contributed by atoms with Gasteiger partial charge < -0.3 is 9.64 Å².